The number of nitro groups is 1. The number of nitrogens with zero attached hydrogens (tertiary/aromatic N) is 2. The zero-order valence-electron chi connectivity index (χ0n) is 11.8. The molecule has 118 valence electrons. The predicted molar refractivity (Wildman–Crippen MR) is 88.5 cm³/mol. The third-order valence-electron chi connectivity index (χ3n) is 3.15. The van der Waals surface area contributed by atoms with Gasteiger partial charge in [0.25, 0.3) is 5.69 Å². The fraction of sp³-hybridized carbons (Fsp3) is 0.231. The highest BCUT2D eigenvalue weighted by molar-refractivity contribution is 9.11. The van der Waals surface area contributed by atoms with Gasteiger partial charge in [0.05, 0.1) is 13.6 Å². The molecule has 0 fully saturated rings. The molecule has 0 saturated heterocycles. The van der Waals surface area contributed by atoms with Crippen LogP contribution in [-0.2, 0) is 16.6 Å². The van der Waals surface area contributed by atoms with Gasteiger partial charge in [-0.25, -0.2) is 8.42 Å². The van der Waals surface area contributed by atoms with Crippen molar-refractivity contribution >= 4 is 43.0 Å². The summed E-state index contributed by atoms with van der Waals surface area (Å²) < 4.78 is 27.4. The monoisotopic (exact) mass is 404 g/mol. The molecule has 0 radical (unpaired) electrons. The molecule has 0 atom stereocenters. The van der Waals surface area contributed by atoms with Crippen LogP contribution in [0.3, 0.4) is 0 Å². The molecule has 0 aliphatic heterocycles. The molecule has 0 aliphatic carbocycles. The van der Waals surface area contributed by atoms with E-state index in [0.29, 0.717) is 0 Å². The first kappa shape index (κ1) is 17.1. The first-order chi connectivity index (χ1) is 10.2. The van der Waals surface area contributed by atoms with Crippen LogP contribution in [0.2, 0.25) is 0 Å². The fourth-order valence-electron chi connectivity index (χ4n) is 1.99. The molecule has 0 unspecified atom stereocenters. The lowest BCUT2D eigenvalue weighted by molar-refractivity contribution is -0.385. The Morgan fingerprint density at radius 2 is 2.00 bits per heavy atom. The van der Waals surface area contributed by atoms with Crippen molar-refractivity contribution in [3.8, 4) is 0 Å². The average molecular weight is 405 g/mol. The van der Waals surface area contributed by atoms with Gasteiger partial charge in [0.2, 0.25) is 10.0 Å². The predicted octanol–water partition coefficient (Wildman–Crippen LogP) is 3.55. The van der Waals surface area contributed by atoms with E-state index in [9.17, 15) is 18.5 Å². The Balaban J connectivity index is 2.38. The van der Waals surface area contributed by atoms with Gasteiger partial charge in [-0.15, -0.1) is 11.3 Å². The van der Waals surface area contributed by atoms with Gasteiger partial charge in [-0.1, -0.05) is 6.07 Å². The van der Waals surface area contributed by atoms with Gasteiger partial charge in [-0.2, -0.15) is 4.31 Å². The number of nitro benzene ring substituents is 1. The van der Waals surface area contributed by atoms with Gasteiger partial charge in [-0.3, -0.25) is 10.1 Å². The van der Waals surface area contributed by atoms with Crippen LogP contribution in [0.1, 0.15) is 10.4 Å². The molecule has 0 spiro atoms. The molecule has 9 heteroatoms. The topological polar surface area (TPSA) is 80.5 Å². The maximum atomic E-state index is 12.6. The second-order valence-corrected chi connectivity index (χ2v) is 9.19. The Labute approximate surface area is 140 Å². The number of hydrogen-bond donors (Lipinski definition) is 0. The van der Waals surface area contributed by atoms with Gasteiger partial charge < -0.3 is 0 Å². The molecule has 2 aromatic rings. The SMILES string of the molecule is Cc1c([N+](=O)[O-])cccc1S(=O)(=O)N(C)Cc1ccc(Br)s1. The van der Waals surface area contributed by atoms with E-state index in [2.05, 4.69) is 15.9 Å². The van der Waals surface area contributed by atoms with E-state index >= 15 is 0 Å². The van der Waals surface area contributed by atoms with Crippen molar-refractivity contribution in [1.82, 2.24) is 4.31 Å². The Morgan fingerprint density at radius 3 is 2.55 bits per heavy atom. The molecule has 6 nitrogen and oxygen atoms in total. The summed E-state index contributed by atoms with van der Waals surface area (Å²) in [6, 6.07) is 7.75. The first-order valence-corrected chi connectivity index (χ1v) is 9.23. The van der Waals surface area contributed by atoms with E-state index in [1.807, 2.05) is 12.1 Å². The van der Waals surface area contributed by atoms with Crippen molar-refractivity contribution in [1.29, 1.82) is 0 Å². The molecular weight excluding hydrogens is 392 g/mol. The molecule has 0 amide bonds. The number of rotatable bonds is 5. The van der Waals surface area contributed by atoms with E-state index in [1.165, 1.54) is 47.8 Å². The van der Waals surface area contributed by atoms with Crippen LogP contribution in [0, 0.1) is 17.0 Å². The normalized spacial score (nSPS) is 11.8. The molecule has 0 N–H and O–H groups in total. The first-order valence-electron chi connectivity index (χ1n) is 6.18. The van der Waals surface area contributed by atoms with Crippen molar-refractivity contribution in [2.24, 2.45) is 0 Å². The molecule has 1 heterocycles. The molecular formula is C13H13BrN2O4S2. The number of sulfonamides is 1. The number of benzene rings is 1. The van der Waals surface area contributed by atoms with Gasteiger partial charge in [0, 0.05) is 30.1 Å². The molecule has 22 heavy (non-hydrogen) atoms. The summed E-state index contributed by atoms with van der Waals surface area (Å²) in [6.07, 6.45) is 0. The minimum Gasteiger partial charge on any atom is -0.258 e. The quantitative estimate of drug-likeness (QED) is 0.563. The van der Waals surface area contributed by atoms with Crippen LogP contribution in [0.4, 0.5) is 5.69 Å². The molecule has 0 bridgehead atoms. The van der Waals surface area contributed by atoms with Crippen LogP contribution >= 0.6 is 27.3 Å². The highest BCUT2D eigenvalue weighted by Crippen LogP contribution is 2.29. The van der Waals surface area contributed by atoms with E-state index < -0.39 is 14.9 Å². The Morgan fingerprint density at radius 1 is 1.32 bits per heavy atom. The lowest BCUT2D eigenvalue weighted by Crippen LogP contribution is -2.26. The third-order valence-corrected chi connectivity index (χ3v) is 6.70. The van der Waals surface area contributed by atoms with Gasteiger partial charge >= 0.3 is 0 Å². The summed E-state index contributed by atoms with van der Waals surface area (Å²) in [7, 11) is -2.33. The largest absolute Gasteiger partial charge is 0.273 e. The van der Waals surface area contributed by atoms with Crippen molar-refractivity contribution in [2.45, 2.75) is 18.4 Å². The highest BCUT2D eigenvalue weighted by Gasteiger charge is 2.27. The summed E-state index contributed by atoms with van der Waals surface area (Å²) in [4.78, 5) is 11.2. The van der Waals surface area contributed by atoms with Crippen molar-refractivity contribution in [3.05, 3.63) is 54.7 Å². The zero-order valence-corrected chi connectivity index (χ0v) is 15.0. The van der Waals surface area contributed by atoms with E-state index in [-0.39, 0.29) is 22.7 Å². The minimum absolute atomic E-state index is 0.0418. The Kier molecular flexibility index (Phi) is 5.00. The summed E-state index contributed by atoms with van der Waals surface area (Å²) >= 11 is 4.77. The smallest absolute Gasteiger partial charge is 0.258 e. The number of thiophene rings is 1. The minimum atomic E-state index is -3.79. The second-order valence-electron chi connectivity index (χ2n) is 4.62. The average Bonchev–Trinajstić information content (AvgIpc) is 2.83. The lowest BCUT2D eigenvalue weighted by Gasteiger charge is -2.17. The maximum absolute atomic E-state index is 12.6. The lowest BCUT2D eigenvalue weighted by atomic mass is 10.2. The molecule has 1 aromatic carbocycles. The number of hydrogen-bond acceptors (Lipinski definition) is 5. The summed E-state index contributed by atoms with van der Waals surface area (Å²) in [6.45, 7) is 1.65. The molecule has 0 saturated carbocycles. The van der Waals surface area contributed by atoms with Crippen molar-refractivity contribution < 1.29 is 13.3 Å². The maximum Gasteiger partial charge on any atom is 0.273 e. The van der Waals surface area contributed by atoms with Gasteiger partial charge in [0.15, 0.2) is 0 Å². The standard InChI is InChI=1S/C13H13BrN2O4S2/c1-9-11(16(17)18)4-3-5-12(9)22(19,20)15(2)8-10-6-7-13(14)21-10/h3-7H,8H2,1-2H3. The van der Waals surface area contributed by atoms with Crippen molar-refractivity contribution in [2.75, 3.05) is 7.05 Å². The summed E-state index contributed by atoms with van der Waals surface area (Å²) in [5.74, 6) is 0. The summed E-state index contributed by atoms with van der Waals surface area (Å²) in [5, 5.41) is 11.0. The summed E-state index contributed by atoms with van der Waals surface area (Å²) in [5.41, 5.74) is -0.0555. The molecule has 2 rings (SSSR count). The van der Waals surface area contributed by atoms with E-state index in [1.54, 1.807) is 0 Å². The second kappa shape index (κ2) is 6.45. The zero-order chi connectivity index (χ0) is 16.5. The van der Waals surface area contributed by atoms with Crippen LogP contribution in [0.15, 0.2) is 39.0 Å². The Hall–Kier alpha value is -1.29. The molecule has 0 aliphatic rings. The van der Waals surface area contributed by atoms with Crippen LogP contribution in [0.25, 0.3) is 0 Å². The highest BCUT2D eigenvalue weighted by atomic mass is 79.9. The van der Waals surface area contributed by atoms with E-state index in [0.717, 1.165) is 8.66 Å². The third kappa shape index (κ3) is 3.37. The van der Waals surface area contributed by atoms with Gasteiger partial charge in [-0.05, 0) is 41.1 Å². The number of halogens is 1. The van der Waals surface area contributed by atoms with Crippen LogP contribution in [0.5, 0.6) is 0 Å². The van der Waals surface area contributed by atoms with Crippen molar-refractivity contribution in [3.63, 3.8) is 0 Å². The van der Waals surface area contributed by atoms with Gasteiger partial charge in [0.1, 0.15) is 0 Å². The Bertz CT molecular complexity index is 817. The van der Waals surface area contributed by atoms with Crippen LogP contribution < -0.4 is 0 Å². The molecule has 1 aromatic heterocycles. The van der Waals surface area contributed by atoms with Crippen LogP contribution in [-0.4, -0.2) is 24.7 Å². The van der Waals surface area contributed by atoms with E-state index in [4.69, 9.17) is 0 Å². The fourth-order valence-corrected chi connectivity index (χ4v) is 4.99.